The molecule has 1 saturated carbocycles. The minimum atomic E-state index is -0.627. The number of rotatable bonds is 2. The lowest BCUT2D eigenvalue weighted by Gasteiger charge is -2.22. The number of aromatic nitrogens is 1. The van der Waals surface area contributed by atoms with Crippen molar-refractivity contribution in [3.8, 4) is 0 Å². The van der Waals surface area contributed by atoms with Crippen molar-refractivity contribution < 1.29 is 14.6 Å². The number of carbonyl (C=O) groups is 1. The number of para-hydroxylation sites is 1. The molecule has 2 aromatic rings. The first-order valence-electron chi connectivity index (χ1n) is 8.17. The van der Waals surface area contributed by atoms with Crippen LogP contribution in [0.2, 0.25) is 0 Å². The van der Waals surface area contributed by atoms with E-state index in [1.165, 1.54) is 0 Å². The zero-order chi connectivity index (χ0) is 15.8. The summed E-state index contributed by atoms with van der Waals surface area (Å²) < 4.78 is 5.33. The monoisotopic (exact) mass is 312 g/mol. The molecule has 2 fully saturated rings. The number of ether oxygens (including phenoxy) is 1. The number of fused-ring (bicyclic) bond motifs is 1. The molecule has 5 nitrogen and oxygen atoms in total. The molecule has 0 bridgehead atoms. The average Bonchev–Trinajstić information content (AvgIpc) is 3.41. The highest BCUT2D eigenvalue weighted by Gasteiger charge is 2.29. The molecule has 2 heterocycles. The van der Waals surface area contributed by atoms with E-state index in [1.54, 1.807) is 4.90 Å². The van der Waals surface area contributed by atoms with Gasteiger partial charge in [0.05, 0.1) is 30.4 Å². The van der Waals surface area contributed by atoms with Gasteiger partial charge in [-0.2, -0.15) is 0 Å². The Morgan fingerprint density at radius 1 is 1.30 bits per heavy atom. The van der Waals surface area contributed by atoms with Crippen LogP contribution < -0.4 is 0 Å². The third-order valence-corrected chi connectivity index (χ3v) is 4.50. The Kier molecular flexibility index (Phi) is 3.75. The lowest BCUT2D eigenvalue weighted by Crippen LogP contribution is -2.37. The van der Waals surface area contributed by atoms with E-state index in [4.69, 9.17) is 9.72 Å². The topological polar surface area (TPSA) is 62.7 Å². The van der Waals surface area contributed by atoms with E-state index in [0.717, 1.165) is 29.4 Å². The van der Waals surface area contributed by atoms with Crippen LogP contribution >= 0.6 is 0 Å². The normalized spacial score (nSPS) is 22.1. The molecule has 1 atom stereocenters. The SMILES string of the molecule is O=C(c1cc(C2CC2)nc2ccccc12)N1CCOC[C@@H](O)C1. The third kappa shape index (κ3) is 2.94. The van der Waals surface area contributed by atoms with E-state index in [2.05, 4.69) is 0 Å². The molecule has 1 aliphatic carbocycles. The molecule has 0 spiro atoms. The van der Waals surface area contributed by atoms with Crippen molar-refractivity contribution in [1.82, 2.24) is 9.88 Å². The van der Waals surface area contributed by atoms with Crippen LogP contribution in [0.1, 0.15) is 34.8 Å². The molecule has 0 radical (unpaired) electrons. The molecule has 1 aromatic carbocycles. The standard InChI is InChI=1S/C18H20N2O3/c21-13-10-20(7-8-23-11-13)18(22)15-9-17(12-5-6-12)19-16-4-2-1-3-14(15)16/h1-4,9,12-13,21H,5-8,10-11H2/t13-/m0/s1. The number of β-amino-alcohol motifs (C(OH)–C–C–N with tert-alkyl or cyclic N) is 1. The first-order chi connectivity index (χ1) is 11.2. The van der Waals surface area contributed by atoms with Gasteiger partial charge >= 0.3 is 0 Å². The largest absolute Gasteiger partial charge is 0.389 e. The van der Waals surface area contributed by atoms with Crippen LogP contribution in [-0.4, -0.2) is 53.3 Å². The molecule has 1 aromatic heterocycles. The van der Waals surface area contributed by atoms with Gasteiger partial charge in [-0.15, -0.1) is 0 Å². The second-order valence-electron chi connectivity index (χ2n) is 6.37. The van der Waals surface area contributed by atoms with Crippen LogP contribution in [0.4, 0.5) is 0 Å². The summed E-state index contributed by atoms with van der Waals surface area (Å²) in [5.74, 6) is 0.444. The first-order valence-corrected chi connectivity index (χ1v) is 8.17. The fourth-order valence-corrected chi connectivity index (χ4v) is 3.11. The summed E-state index contributed by atoms with van der Waals surface area (Å²) in [7, 11) is 0. The maximum absolute atomic E-state index is 13.0. The quantitative estimate of drug-likeness (QED) is 0.920. The molecule has 2 aliphatic rings. The van der Waals surface area contributed by atoms with Crippen LogP contribution in [0.15, 0.2) is 30.3 Å². The number of amides is 1. The van der Waals surface area contributed by atoms with E-state index in [9.17, 15) is 9.90 Å². The molecule has 1 aliphatic heterocycles. The van der Waals surface area contributed by atoms with Gasteiger partial charge in [-0.25, -0.2) is 0 Å². The van der Waals surface area contributed by atoms with Crippen LogP contribution in [0.3, 0.4) is 0 Å². The third-order valence-electron chi connectivity index (χ3n) is 4.50. The summed E-state index contributed by atoms with van der Waals surface area (Å²) in [5.41, 5.74) is 2.57. The minimum absolute atomic E-state index is 0.0462. The maximum Gasteiger partial charge on any atom is 0.254 e. The van der Waals surface area contributed by atoms with Gasteiger partial charge in [-0.3, -0.25) is 9.78 Å². The van der Waals surface area contributed by atoms with Gasteiger partial charge in [-0.1, -0.05) is 18.2 Å². The highest BCUT2D eigenvalue weighted by molar-refractivity contribution is 6.06. The smallest absolute Gasteiger partial charge is 0.254 e. The molecule has 0 unspecified atom stereocenters. The van der Waals surface area contributed by atoms with Crippen LogP contribution in [-0.2, 0) is 4.74 Å². The average molecular weight is 312 g/mol. The molecular formula is C18H20N2O3. The van der Waals surface area contributed by atoms with Crippen LogP contribution in [0.5, 0.6) is 0 Å². The van der Waals surface area contributed by atoms with Gasteiger partial charge < -0.3 is 14.7 Å². The van der Waals surface area contributed by atoms with Gasteiger partial charge in [0.25, 0.3) is 5.91 Å². The fraction of sp³-hybridized carbons (Fsp3) is 0.444. The van der Waals surface area contributed by atoms with E-state index in [-0.39, 0.29) is 12.5 Å². The van der Waals surface area contributed by atoms with Crippen LogP contribution in [0, 0.1) is 0 Å². The molecule has 1 saturated heterocycles. The number of hydrogen-bond donors (Lipinski definition) is 1. The van der Waals surface area contributed by atoms with E-state index in [0.29, 0.717) is 31.2 Å². The molecule has 120 valence electrons. The highest BCUT2D eigenvalue weighted by Crippen LogP contribution is 2.40. The Hall–Kier alpha value is -1.98. The van der Waals surface area contributed by atoms with E-state index >= 15 is 0 Å². The number of pyridine rings is 1. The second kappa shape index (κ2) is 5.91. The highest BCUT2D eigenvalue weighted by atomic mass is 16.5. The number of hydrogen-bond acceptors (Lipinski definition) is 4. The Morgan fingerprint density at radius 3 is 2.96 bits per heavy atom. The van der Waals surface area contributed by atoms with Crippen molar-refractivity contribution in [3.05, 3.63) is 41.6 Å². The van der Waals surface area contributed by atoms with Gasteiger partial charge in [0.1, 0.15) is 0 Å². The van der Waals surface area contributed by atoms with Crippen molar-refractivity contribution in [2.24, 2.45) is 0 Å². The summed E-state index contributed by atoms with van der Waals surface area (Å²) >= 11 is 0. The molecule has 1 amide bonds. The predicted molar refractivity (Wildman–Crippen MR) is 86.4 cm³/mol. The number of benzene rings is 1. The number of aliphatic hydroxyl groups is 1. The lowest BCUT2D eigenvalue weighted by atomic mass is 10.0. The zero-order valence-electron chi connectivity index (χ0n) is 12.9. The number of carbonyl (C=O) groups excluding carboxylic acids is 1. The molecule has 1 N–H and O–H groups in total. The first kappa shape index (κ1) is 14.6. The maximum atomic E-state index is 13.0. The van der Waals surface area contributed by atoms with Gasteiger partial charge in [-0.05, 0) is 25.0 Å². The van der Waals surface area contributed by atoms with Crippen molar-refractivity contribution in [2.45, 2.75) is 24.9 Å². The number of aliphatic hydroxyl groups excluding tert-OH is 1. The van der Waals surface area contributed by atoms with Crippen LogP contribution in [0.25, 0.3) is 10.9 Å². The van der Waals surface area contributed by atoms with Crippen molar-refractivity contribution in [3.63, 3.8) is 0 Å². The summed E-state index contributed by atoms with van der Waals surface area (Å²) in [4.78, 5) is 19.4. The zero-order valence-corrected chi connectivity index (χ0v) is 12.9. The van der Waals surface area contributed by atoms with Gasteiger partial charge in [0.2, 0.25) is 0 Å². The van der Waals surface area contributed by atoms with Crippen molar-refractivity contribution >= 4 is 16.8 Å². The summed E-state index contributed by atoms with van der Waals surface area (Å²) in [6.07, 6.45) is 1.67. The Labute approximate surface area is 134 Å². The molecule has 23 heavy (non-hydrogen) atoms. The van der Waals surface area contributed by atoms with Crippen molar-refractivity contribution in [2.75, 3.05) is 26.3 Å². The Morgan fingerprint density at radius 2 is 2.13 bits per heavy atom. The number of nitrogens with zero attached hydrogens (tertiary/aromatic N) is 2. The van der Waals surface area contributed by atoms with Gasteiger partial charge in [0.15, 0.2) is 0 Å². The lowest BCUT2D eigenvalue weighted by molar-refractivity contribution is 0.0534. The fourth-order valence-electron chi connectivity index (χ4n) is 3.11. The minimum Gasteiger partial charge on any atom is -0.389 e. The Balaban J connectivity index is 1.75. The summed E-state index contributed by atoms with van der Waals surface area (Å²) in [6.45, 7) is 1.56. The molecule has 5 heteroatoms. The van der Waals surface area contributed by atoms with Crippen molar-refractivity contribution in [1.29, 1.82) is 0 Å². The van der Waals surface area contributed by atoms with E-state index in [1.807, 2.05) is 30.3 Å². The van der Waals surface area contributed by atoms with Gasteiger partial charge in [0, 0.05) is 30.1 Å². The van der Waals surface area contributed by atoms with E-state index < -0.39 is 6.10 Å². The molecular weight excluding hydrogens is 292 g/mol. The second-order valence-corrected chi connectivity index (χ2v) is 6.37. The predicted octanol–water partition coefficient (Wildman–Crippen LogP) is 1.95. The molecule has 4 rings (SSSR count). The Bertz CT molecular complexity index is 742. The summed E-state index contributed by atoms with van der Waals surface area (Å²) in [5, 5.41) is 10.8. The summed E-state index contributed by atoms with van der Waals surface area (Å²) in [6, 6.07) is 9.72.